The van der Waals surface area contributed by atoms with Crippen LogP contribution in [-0.2, 0) is 21.8 Å². The van der Waals surface area contributed by atoms with Gasteiger partial charge >= 0.3 is 0 Å². The van der Waals surface area contributed by atoms with E-state index < -0.39 is 21.4 Å². The first kappa shape index (κ1) is 25.8. The van der Waals surface area contributed by atoms with Crippen molar-refractivity contribution in [3.63, 3.8) is 0 Å². The summed E-state index contributed by atoms with van der Waals surface area (Å²) >= 11 is 5.92. The Labute approximate surface area is 220 Å². The number of rotatable bonds is 7. The molecule has 0 saturated carbocycles. The monoisotopic (exact) mass is 561 g/mol. The Morgan fingerprint density at radius 3 is 2.76 bits per heavy atom. The minimum Gasteiger partial charge on any atom is -0.480 e. The zero-order valence-electron chi connectivity index (χ0n) is 20.1. The molecule has 0 unspecified atom stereocenters. The van der Waals surface area contributed by atoms with E-state index in [4.69, 9.17) is 21.1 Å². The Balaban J connectivity index is 1.52. The molecule has 0 aliphatic carbocycles. The average Bonchev–Trinajstić information content (AvgIpc) is 3.40. The first-order valence-electron chi connectivity index (χ1n) is 11.3. The molecule has 3 aromatic heterocycles. The maximum absolute atomic E-state index is 14.9. The molecule has 15 heteroatoms. The van der Waals surface area contributed by atoms with Gasteiger partial charge in [-0.15, -0.1) is 0 Å². The summed E-state index contributed by atoms with van der Waals surface area (Å²) in [7, 11) is -1.50. The number of fused-ring (bicyclic) bond motifs is 1. The van der Waals surface area contributed by atoms with Crippen molar-refractivity contribution in [3.05, 3.63) is 57.9 Å². The lowest BCUT2D eigenvalue weighted by Crippen LogP contribution is -2.24. The molecule has 1 saturated heterocycles. The predicted octanol–water partition coefficient (Wildman–Crippen LogP) is 2.59. The maximum atomic E-state index is 14.9. The van der Waals surface area contributed by atoms with Crippen LogP contribution in [-0.4, -0.2) is 59.3 Å². The summed E-state index contributed by atoms with van der Waals surface area (Å²) in [5.74, 6) is -0.644. The van der Waals surface area contributed by atoms with Crippen LogP contribution in [0.2, 0.25) is 5.02 Å². The normalized spacial score (nSPS) is 15.5. The van der Waals surface area contributed by atoms with Gasteiger partial charge in [0.15, 0.2) is 10.5 Å². The van der Waals surface area contributed by atoms with Gasteiger partial charge in [-0.05, 0) is 30.7 Å². The molecule has 5 rings (SSSR count). The Kier molecular flexibility index (Phi) is 6.86. The topological polar surface area (TPSA) is 150 Å². The van der Waals surface area contributed by atoms with Crippen LogP contribution in [0.4, 0.5) is 16.0 Å². The Hall–Kier alpha value is -3.88. The summed E-state index contributed by atoms with van der Waals surface area (Å²) in [5.41, 5.74) is -0.625. The summed E-state index contributed by atoms with van der Waals surface area (Å²) in [4.78, 5) is 29.7. The number of anilines is 2. The Bertz CT molecular complexity index is 1710. The van der Waals surface area contributed by atoms with Gasteiger partial charge in [0.2, 0.25) is 11.8 Å². The molecular formula is C23H21ClFN7O5S. The van der Waals surface area contributed by atoms with Crippen LogP contribution in [0.15, 0.2) is 46.3 Å². The molecule has 1 fully saturated rings. The van der Waals surface area contributed by atoms with E-state index in [9.17, 15) is 17.6 Å². The first-order chi connectivity index (χ1) is 18.2. The lowest BCUT2D eigenvalue weighted by Gasteiger charge is -2.14. The fourth-order valence-corrected chi connectivity index (χ4v) is 5.34. The third-order valence-corrected chi connectivity index (χ3v) is 7.39. The van der Waals surface area contributed by atoms with E-state index in [0.29, 0.717) is 19.2 Å². The zero-order chi connectivity index (χ0) is 27.0. The summed E-state index contributed by atoms with van der Waals surface area (Å²) in [6, 6.07) is 4.63. The second-order valence-electron chi connectivity index (χ2n) is 8.39. The van der Waals surface area contributed by atoms with E-state index in [1.807, 2.05) is 0 Å². The van der Waals surface area contributed by atoms with Crippen LogP contribution >= 0.6 is 11.6 Å². The average molecular weight is 562 g/mol. The standard InChI is InChI=1S/C23H21ClFN7O5S/c1-32-20-17(10-27-23(30-20)28-14-5-6-37-11-14)29-19(22(32)33)15-8-13(3-4-16(15)25)31-38(34,35)18-7-12(24)9-26-21(18)36-2/h3-4,7-10,14,31H,5-6,11H2,1-2H3,(H,27,28,30)/t14-/m1/s1. The van der Waals surface area contributed by atoms with Crippen molar-refractivity contribution < 1.29 is 22.3 Å². The van der Waals surface area contributed by atoms with Gasteiger partial charge < -0.3 is 14.8 Å². The number of ether oxygens (including phenoxy) is 2. The number of pyridine rings is 1. The molecule has 0 spiro atoms. The van der Waals surface area contributed by atoms with Crippen molar-refractivity contribution in [1.82, 2.24) is 24.5 Å². The van der Waals surface area contributed by atoms with E-state index in [1.165, 1.54) is 49.3 Å². The lowest BCUT2D eigenvalue weighted by molar-refractivity contribution is 0.195. The minimum atomic E-state index is -4.24. The Morgan fingerprint density at radius 1 is 1.21 bits per heavy atom. The number of nitrogens with one attached hydrogen (secondary N) is 2. The number of aromatic nitrogens is 5. The van der Waals surface area contributed by atoms with Crippen molar-refractivity contribution in [2.45, 2.75) is 17.4 Å². The molecule has 4 aromatic rings. The summed E-state index contributed by atoms with van der Waals surface area (Å²) in [6.07, 6.45) is 3.46. The van der Waals surface area contributed by atoms with Gasteiger partial charge in [0, 0.05) is 31.1 Å². The van der Waals surface area contributed by atoms with Gasteiger partial charge in [0.1, 0.15) is 17.0 Å². The number of nitrogens with zero attached hydrogens (tertiary/aromatic N) is 5. The second-order valence-corrected chi connectivity index (χ2v) is 10.5. The van der Waals surface area contributed by atoms with E-state index in [-0.39, 0.29) is 49.9 Å². The van der Waals surface area contributed by atoms with Gasteiger partial charge in [-0.25, -0.2) is 27.8 Å². The van der Waals surface area contributed by atoms with Crippen molar-refractivity contribution >= 4 is 44.4 Å². The molecule has 0 radical (unpaired) electrons. The molecule has 4 heterocycles. The quantitative estimate of drug-likeness (QED) is 0.344. The summed E-state index contributed by atoms with van der Waals surface area (Å²) < 4.78 is 54.9. The molecule has 198 valence electrons. The number of aryl methyl sites for hydroxylation is 1. The van der Waals surface area contributed by atoms with Crippen LogP contribution in [0.5, 0.6) is 5.88 Å². The van der Waals surface area contributed by atoms with Crippen molar-refractivity contribution in [3.8, 4) is 17.1 Å². The largest absolute Gasteiger partial charge is 0.480 e. The third-order valence-electron chi connectivity index (χ3n) is 5.81. The van der Waals surface area contributed by atoms with Gasteiger partial charge in [0.25, 0.3) is 15.6 Å². The molecule has 38 heavy (non-hydrogen) atoms. The minimum absolute atomic E-state index is 0.0260. The fraction of sp³-hybridized carbons (Fsp3) is 0.261. The number of hydrogen-bond donors (Lipinski definition) is 2. The lowest BCUT2D eigenvalue weighted by atomic mass is 10.1. The van der Waals surface area contributed by atoms with Gasteiger partial charge in [-0.1, -0.05) is 11.6 Å². The molecule has 1 atom stereocenters. The smallest absolute Gasteiger partial charge is 0.278 e. The molecule has 1 aliphatic heterocycles. The van der Waals surface area contributed by atoms with Crippen molar-refractivity contribution in [2.24, 2.45) is 7.05 Å². The second kappa shape index (κ2) is 10.1. The van der Waals surface area contributed by atoms with E-state index in [0.717, 1.165) is 12.5 Å². The van der Waals surface area contributed by atoms with Crippen LogP contribution in [0.25, 0.3) is 22.4 Å². The van der Waals surface area contributed by atoms with Crippen LogP contribution in [0, 0.1) is 5.82 Å². The highest BCUT2D eigenvalue weighted by atomic mass is 35.5. The van der Waals surface area contributed by atoms with Gasteiger partial charge in [0.05, 0.1) is 31.0 Å². The fourth-order valence-electron chi connectivity index (χ4n) is 3.93. The number of methoxy groups -OCH3 is 1. The van der Waals surface area contributed by atoms with E-state index in [2.05, 4.69) is 30.0 Å². The van der Waals surface area contributed by atoms with Crippen molar-refractivity contribution in [1.29, 1.82) is 0 Å². The predicted molar refractivity (Wildman–Crippen MR) is 137 cm³/mol. The van der Waals surface area contributed by atoms with Crippen LogP contribution in [0.1, 0.15) is 6.42 Å². The third kappa shape index (κ3) is 4.97. The van der Waals surface area contributed by atoms with Gasteiger partial charge in [-0.2, -0.15) is 4.98 Å². The summed E-state index contributed by atoms with van der Waals surface area (Å²) in [6.45, 7) is 1.16. The van der Waals surface area contributed by atoms with E-state index in [1.54, 1.807) is 0 Å². The number of benzene rings is 1. The van der Waals surface area contributed by atoms with Crippen molar-refractivity contribution in [2.75, 3.05) is 30.4 Å². The summed E-state index contributed by atoms with van der Waals surface area (Å²) in [5, 5.41) is 3.23. The van der Waals surface area contributed by atoms with E-state index >= 15 is 0 Å². The molecule has 2 N–H and O–H groups in total. The first-order valence-corrected chi connectivity index (χ1v) is 13.1. The highest BCUT2D eigenvalue weighted by Crippen LogP contribution is 2.29. The zero-order valence-corrected chi connectivity index (χ0v) is 21.7. The SMILES string of the molecule is COc1ncc(Cl)cc1S(=O)(=O)Nc1ccc(F)c(-c2nc3cnc(N[C@@H]4CCOC4)nc3n(C)c2=O)c1. The molecule has 0 amide bonds. The molecule has 12 nitrogen and oxygen atoms in total. The molecule has 1 aliphatic rings. The highest BCUT2D eigenvalue weighted by Gasteiger charge is 2.23. The van der Waals surface area contributed by atoms with Crippen LogP contribution < -0.4 is 20.3 Å². The molecule has 0 bridgehead atoms. The van der Waals surface area contributed by atoms with Crippen LogP contribution in [0.3, 0.4) is 0 Å². The molecule has 1 aromatic carbocycles. The number of sulfonamides is 1. The maximum Gasteiger partial charge on any atom is 0.278 e. The molecular weight excluding hydrogens is 541 g/mol. The highest BCUT2D eigenvalue weighted by molar-refractivity contribution is 7.92. The van der Waals surface area contributed by atoms with Gasteiger partial charge in [-0.3, -0.25) is 14.1 Å². The Morgan fingerprint density at radius 2 is 2.03 bits per heavy atom. The number of hydrogen-bond acceptors (Lipinski definition) is 10. The number of halogens is 2.